The second-order valence-electron chi connectivity index (χ2n) is 9.98. The van der Waals surface area contributed by atoms with Crippen LogP contribution in [0.15, 0.2) is 52.4 Å². The molecule has 2 fully saturated rings. The molecule has 1 spiro atoms. The van der Waals surface area contributed by atoms with Gasteiger partial charge in [-0.25, -0.2) is 14.3 Å². The number of hydrogen-bond acceptors (Lipinski definition) is 5. The number of carbonyl (C=O) groups excluding carboxylic acids is 1. The second kappa shape index (κ2) is 7.17. The highest BCUT2D eigenvalue weighted by Gasteiger charge is 2.60. The minimum absolute atomic E-state index is 0.00500. The average molecular weight is 508 g/mol. The number of aromatic amines is 2. The Balaban J connectivity index is 1.26. The Labute approximate surface area is 206 Å². The standard InChI is InChI=1S/C25H19F3N6O3/c26-25(27,28)11-33-19-7-12(1-2-17(19)24(3-4-24)22(33)36)13-8-14(13)15-9-18(32-34-6-5-29-20(15)34)16-10-30-23(37)31-21(16)35/h1-2,5-7,9-10,13-14H,3-4,8,11H2,(H2,30,31,35,37)/t13-,14+/m1/s1. The van der Waals surface area contributed by atoms with E-state index in [0.717, 1.165) is 22.4 Å². The van der Waals surface area contributed by atoms with Crippen molar-refractivity contribution in [3.63, 3.8) is 0 Å². The molecule has 37 heavy (non-hydrogen) atoms. The first kappa shape index (κ1) is 22.0. The molecule has 1 aromatic carbocycles. The fourth-order valence-corrected chi connectivity index (χ4v) is 5.69. The lowest BCUT2D eigenvalue weighted by Crippen LogP contribution is -2.39. The number of nitrogens with zero attached hydrogens (tertiary/aromatic N) is 4. The predicted molar refractivity (Wildman–Crippen MR) is 126 cm³/mol. The summed E-state index contributed by atoms with van der Waals surface area (Å²) in [5, 5.41) is 4.45. The van der Waals surface area contributed by atoms with Gasteiger partial charge in [0.25, 0.3) is 5.56 Å². The molecule has 2 saturated carbocycles. The lowest BCUT2D eigenvalue weighted by atomic mass is 9.95. The number of imidazole rings is 1. The Morgan fingerprint density at radius 2 is 1.92 bits per heavy atom. The largest absolute Gasteiger partial charge is 0.406 e. The van der Waals surface area contributed by atoms with Gasteiger partial charge in [-0.15, -0.1) is 0 Å². The minimum Gasteiger partial charge on any atom is -0.313 e. The SMILES string of the molecule is O=C1N(CC(F)(F)F)c2cc([C@H]3C[C@@H]3c3cc(-c4c[nH]c(=O)[nH]c4=O)nn4ccnc34)ccc2C12CC2. The van der Waals surface area contributed by atoms with Crippen molar-refractivity contribution in [2.24, 2.45) is 0 Å². The van der Waals surface area contributed by atoms with Crippen LogP contribution in [0.1, 0.15) is 47.8 Å². The van der Waals surface area contributed by atoms with E-state index in [0.29, 0.717) is 35.4 Å². The van der Waals surface area contributed by atoms with E-state index in [1.54, 1.807) is 29.0 Å². The number of H-pyrrole nitrogens is 2. The molecule has 4 heterocycles. The molecule has 0 bridgehead atoms. The predicted octanol–water partition coefficient (Wildman–Crippen LogP) is 2.98. The van der Waals surface area contributed by atoms with Gasteiger partial charge in [-0.2, -0.15) is 18.3 Å². The third-order valence-electron chi connectivity index (χ3n) is 7.67. The van der Waals surface area contributed by atoms with Crippen molar-refractivity contribution in [1.29, 1.82) is 0 Å². The maximum absolute atomic E-state index is 13.3. The fraction of sp³-hybridized carbons (Fsp3) is 0.320. The zero-order chi connectivity index (χ0) is 25.7. The number of alkyl halides is 3. The van der Waals surface area contributed by atoms with Gasteiger partial charge in [0.15, 0.2) is 5.65 Å². The van der Waals surface area contributed by atoms with Gasteiger partial charge in [-0.05, 0) is 54.4 Å². The van der Waals surface area contributed by atoms with E-state index in [-0.39, 0.29) is 17.4 Å². The summed E-state index contributed by atoms with van der Waals surface area (Å²) in [5.74, 6) is -0.462. The highest BCUT2D eigenvalue weighted by atomic mass is 19.4. The molecule has 2 aliphatic carbocycles. The molecule has 12 heteroatoms. The Hall–Kier alpha value is -4.22. The van der Waals surface area contributed by atoms with Crippen molar-refractivity contribution < 1.29 is 18.0 Å². The number of benzene rings is 1. The molecular weight excluding hydrogens is 489 g/mol. The van der Waals surface area contributed by atoms with Crippen LogP contribution < -0.4 is 16.1 Å². The molecule has 7 rings (SSSR count). The number of nitrogens with one attached hydrogen (secondary N) is 2. The van der Waals surface area contributed by atoms with Crippen LogP contribution >= 0.6 is 0 Å². The van der Waals surface area contributed by atoms with E-state index >= 15 is 0 Å². The summed E-state index contributed by atoms with van der Waals surface area (Å²) in [5.41, 5.74) is 1.90. The van der Waals surface area contributed by atoms with Crippen LogP contribution in [-0.4, -0.2) is 43.2 Å². The van der Waals surface area contributed by atoms with Crippen LogP contribution in [0.3, 0.4) is 0 Å². The zero-order valence-electron chi connectivity index (χ0n) is 19.2. The summed E-state index contributed by atoms with van der Waals surface area (Å²) in [4.78, 5) is 46.7. The van der Waals surface area contributed by atoms with Crippen molar-refractivity contribution in [2.45, 2.75) is 42.7 Å². The first-order valence-corrected chi connectivity index (χ1v) is 11.8. The number of amides is 1. The quantitative estimate of drug-likeness (QED) is 0.440. The minimum atomic E-state index is -4.50. The monoisotopic (exact) mass is 508 g/mol. The molecule has 2 atom stereocenters. The molecule has 188 valence electrons. The number of fused-ring (bicyclic) bond motifs is 3. The van der Waals surface area contributed by atoms with Gasteiger partial charge in [0.2, 0.25) is 5.91 Å². The molecule has 0 saturated heterocycles. The van der Waals surface area contributed by atoms with Gasteiger partial charge in [-0.3, -0.25) is 14.6 Å². The Kier molecular flexibility index (Phi) is 4.27. The number of hydrogen-bond donors (Lipinski definition) is 2. The van der Waals surface area contributed by atoms with E-state index in [1.165, 1.54) is 6.20 Å². The van der Waals surface area contributed by atoms with Crippen molar-refractivity contribution in [1.82, 2.24) is 24.6 Å². The molecule has 9 nitrogen and oxygen atoms in total. The Morgan fingerprint density at radius 1 is 1.11 bits per heavy atom. The van der Waals surface area contributed by atoms with Crippen molar-refractivity contribution >= 4 is 17.2 Å². The summed E-state index contributed by atoms with van der Waals surface area (Å²) in [6, 6.07) is 7.21. The highest BCUT2D eigenvalue weighted by Crippen LogP contribution is 2.60. The van der Waals surface area contributed by atoms with Crippen LogP contribution in [0.2, 0.25) is 0 Å². The fourth-order valence-electron chi connectivity index (χ4n) is 5.69. The number of rotatable bonds is 4. The molecule has 0 unspecified atom stereocenters. The van der Waals surface area contributed by atoms with Gasteiger partial charge in [-0.1, -0.05) is 12.1 Å². The molecule has 4 aromatic rings. The lowest BCUT2D eigenvalue weighted by Gasteiger charge is -2.20. The van der Waals surface area contributed by atoms with Crippen molar-refractivity contribution in [3.8, 4) is 11.3 Å². The van der Waals surface area contributed by atoms with E-state index in [4.69, 9.17) is 0 Å². The summed E-state index contributed by atoms with van der Waals surface area (Å²) < 4.78 is 41.4. The van der Waals surface area contributed by atoms with Gasteiger partial charge in [0.1, 0.15) is 6.54 Å². The normalized spacial score (nSPS) is 21.6. The smallest absolute Gasteiger partial charge is 0.313 e. The Morgan fingerprint density at radius 3 is 2.65 bits per heavy atom. The first-order chi connectivity index (χ1) is 17.6. The summed E-state index contributed by atoms with van der Waals surface area (Å²) in [7, 11) is 0. The van der Waals surface area contributed by atoms with E-state index < -0.39 is 35.3 Å². The van der Waals surface area contributed by atoms with Crippen molar-refractivity contribution in [3.05, 3.63) is 80.4 Å². The molecule has 3 aromatic heterocycles. The van der Waals surface area contributed by atoms with Crippen LogP contribution in [0.4, 0.5) is 18.9 Å². The maximum Gasteiger partial charge on any atom is 0.406 e. The van der Waals surface area contributed by atoms with Crippen molar-refractivity contribution in [2.75, 3.05) is 11.4 Å². The third kappa shape index (κ3) is 3.35. The lowest BCUT2D eigenvalue weighted by molar-refractivity contribution is -0.132. The summed E-state index contributed by atoms with van der Waals surface area (Å²) in [6.45, 7) is -1.30. The topological polar surface area (TPSA) is 116 Å². The second-order valence-corrected chi connectivity index (χ2v) is 9.98. The zero-order valence-corrected chi connectivity index (χ0v) is 19.2. The van der Waals surface area contributed by atoms with Crippen LogP contribution in [-0.2, 0) is 10.2 Å². The van der Waals surface area contributed by atoms with Crippen LogP contribution in [0.5, 0.6) is 0 Å². The van der Waals surface area contributed by atoms with Crippen LogP contribution in [0.25, 0.3) is 16.9 Å². The molecule has 1 amide bonds. The van der Waals surface area contributed by atoms with Gasteiger partial charge >= 0.3 is 11.9 Å². The molecule has 1 aliphatic heterocycles. The molecule has 2 N–H and O–H groups in total. The Bertz CT molecular complexity index is 1730. The van der Waals surface area contributed by atoms with E-state index in [1.807, 2.05) is 12.1 Å². The molecular formula is C25H19F3N6O3. The van der Waals surface area contributed by atoms with Gasteiger partial charge in [0, 0.05) is 29.8 Å². The number of halogens is 3. The van der Waals surface area contributed by atoms with Crippen LogP contribution in [0, 0.1) is 0 Å². The molecule has 0 radical (unpaired) electrons. The van der Waals surface area contributed by atoms with E-state index in [9.17, 15) is 27.6 Å². The maximum atomic E-state index is 13.3. The molecule has 3 aliphatic rings. The van der Waals surface area contributed by atoms with Gasteiger partial charge < -0.3 is 9.88 Å². The van der Waals surface area contributed by atoms with Gasteiger partial charge in [0.05, 0.1) is 16.7 Å². The number of aromatic nitrogens is 5. The average Bonchev–Trinajstić information content (AvgIpc) is 3.75. The number of carbonyl (C=O) groups is 1. The van der Waals surface area contributed by atoms with E-state index in [2.05, 4.69) is 20.1 Å². The highest BCUT2D eigenvalue weighted by molar-refractivity contribution is 6.10. The summed E-state index contributed by atoms with van der Waals surface area (Å²) >= 11 is 0. The number of anilines is 1. The summed E-state index contributed by atoms with van der Waals surface area (Å²) in [6.07, 6.45) is 1.93. The first-order valence-electron chi connectivity index (χ1n) is 11.8. The third-order valence-corrected chi connectivity index (χ3v) is 7.67.